The Balaban J connectivity index is 1.96. The molecule has 6 nitrogen and oxygen atoms in total. The fourth-order valence-corrected chi connectivity index (χ4v) is 2.88. The summed E-state index contributed by atoms with van der Waals surface area (Å²) in [6.07, 6.45) is 0. The van der Waals surface area contributed by atoms with Crippen LogP contribution in [0, 0.1) is 6.92 Å². The monoisotopic (exact) mass is 331 g/mol. The van der Waals surface area contributed by atoms with Crippen LogP contribution in [0.25, 0.3) is 22.4 Å². The number of nitrogens with zero attached hydrogens (tertiary/aromatic N) is 3. The van der Waals surface area contributed by atoms with Crippen molar-refractivity contribution >= 4 is 28.2 Å². The zero-order valence-electron chi connectivity index (χ0n) is 13.2. The minimum Gasteiger partial charge on any atom is -0.383 e. The number of aromatic nitrogens is 2. The lowest BCUT2D eigenvalue weighted by atomic mass is 10.1. The number of ether oxygens (including phenoxy) is 1. The maximum atomic E-state index is 12.5. The van der Waals surface area contributed by atoms with Crippen molar-refractivity contribution in [2.75, 3.05) is 27.3 Å². The quantitative estimate of drug-likeness (QED) is 0.719. The van der Waals surface area contributed by atoms with Gasteiger partial charge < -0.3 is 14.2 Å². The summed E-state index contributed by atoms with van der Waals surface area (Å²) >= 11 is 1.55. The standard InChI is InChI=1S/C16H17N3O3S/c1-10-17-13(9-23-10)15-12-8-11(4-5-14(12)22-18-15)16(20)19(2)6-7-21-3/h4-5,8-9H,6-7H2,1-3H3. The number of hydrogen-bond acceptors (Lipinski definition) is 6. The van der Waals surface area contributed by atoms with E-state index in [0.717, 1.165) is 16.1 Å². The first-order valence-electron chi connectivity index (χ1n) is 7.16. The predicted octanol–water partition coefficient (Wildman–Crippen LogP) is 2.98. The number of hydrogen-bond donors (Lipinski definition) is 0. The first kappa shape index (κ1) is 15.6. The molecule has 3 aromatic rings. The van der Waals surface area contributed by atoms with E-state index in [0.29, 0.717) is 30.0 Å². The third-order valence-electron chi connectivity index (χ3n) is 3.56. The van der Waals surface area contributed by atoms with E-state index in [-0.39, 0.29) is 5.91 Å². The van der Waals surface area contributed by atoms with Gasteiger partial charge >= 0.3 is 0 Å². The van der Waals surface area contributed by atoms with Gasteiger partial charge in [-0.2, -0.15) is 0 Å². The lowest BCUT2D eigenvalue weighted by Gasteiger charge is -2.16. The van der Waals surface area contributed by atoms with E-state index in [4.69, 9.17) is 9.26 Å². The zero-order valence-corrected chi connectivity index (χ0v) is 14.0. The zero-order chi connectivity index (χ0) is 16.4. The van der Waals surface area contributed by atoms with E-state index in [9.17, 15) is 4.79 Å². The summed E-state index contributed by atoms with van der Waals surface area (Å²) in [5.74, 6) is -0.0643. The van der Waals surface area contributed by atoms with Gasteiger partial charge in [-0.25, -0.2) is 4.98 Å². The number of methoxy groups -OCH3 is 1. The second-order valence-electron chi connectivity index (χ2n) is 5.21. The molecule has 0 atom stereocenters. The van der Waals surface area contributed by atoms with E-state index in [2.05, 4.69) is 10.1 Å². The van der Waals surface area contributed by atoms with Crippen LogP contribution in [0.4, 0.5) is 0 Å². The van der Waals surface area contributed by atoms with Crippen LogP contribution in [0.15, 0.2) is 28.1 Å². The summed E-state index contributed by atoms with van der Waals surface area (Å²) in [5.41, 5.74) is 2.66. The average molecular weight is 331 g/mol. The summed E-state index contributed by atoms with van der Waals surface area (Å²) in [4.78, 5) is 18.5. The van der Waals surface area contributed by atoms with Crippen LogP contribution in [-0.4, -0.2) is 48.3 Å². The molecule has 0 spiro atoms. The molecule has 0 N–H and O–H groups in total. The Morgan fingerprint density at radius 3 is 2.96 bits per heavy atom. The van der Waals surface area contributed by atoms with Gasteiger partial charge in [-0.05, 0) is 25.1 Å². The third-order valence-corrected chi connectivity index (χ3v) is 4.33. The summed E-state index contributed by atoms with van der Waals surface area (Å²) in [5, 5.41) is 7.79. The van der Waals surface area contributed by atoms with Gasteiger partial charge in [0.25, 0.3) is 5.91 Å². The summed E-state index contributed by atoms with van der Waals surface area (Å²) in [6, 6.07) is 5.32. The van der Waals surface area contributed by atoms with Crippen LogP contribution >= 0.6 is 11.3 Å². The second-order valence-corrected chi connectivity index (χ2v) is 6.28. The minimum absolute atomic E-state index is 0.0643. The van der Waals surface area contributed by atoms with Crippen molar-refractivity contribution in [1.29, 1.82) is 0 Å². The molecule has 23 heavy (non-hydrogen) atoms. The van der Waals surface area contributed by atoms with Crippen molar-refractivity contribution in [2.45, 2.75) is 6.92 Å². The van der Waals surface area contributed by atoms with Crippen LogP contribution in [0.5, 0.6) is 0 Å². The van der Waals surface area contributed by atoms with Gasteiger partial charge in [-0.1, -0.05) is 5.16 Å². The van der Waals surface area contributed by atoms with Gasteiger partial charge in [0, 0.05) is 31.6 Å². The number of thiazole rings is 1. The third kappa shape index (κ3) is 3.11. The molecule has 1 aromatic carbocycles. The Hall–Kier alpha value is -2.25. The van der Waals surface area contributed by atoms with Crippen molar-refractivity contribution in [3.63, 3.8) is 0 Å². The smallest absolute Gasteiger partial charge is 0.253 e. The molecule has 0 aliphatic heterocycles. The van der Waals surface area contributed by atoms with E-state index in [1.807, 2.05) is 18.4 Å². The Morgan fingerprint density at radius 1 is 1.43 bits per heavy atom. The molecule has 120 valence electrons. The average Bonchev–Trinajstić information content (AvgIpc) is 3.16. The number of carbonyl (C=O) groups is 1. The van der Waals surface area contributed by atoms with Gasteiger partial charge in [-0.15, -0.1) is 11.3 Å². The number of amides is 1. The first-order chi connectivity index (χ1) is 11.1. The Bertz CT molecular complexity index is 840. The van der Waals surface area contributed by atoms with Crippen molar-refractivity contribution < 1.29 is 14.1 Å². The largest absolute Gasteiger partial charge is 0.383 e. The molecule has 0 unspecified atom stereocenters. The fourth-order valence-electron chi connectivity index (χ4n) is 2.28. The Kier molecular flexibility index (Phi) is 4.40. The second kappa shape index (κ2) is 6.47. The topological polar surface area (TPSA) is 68.5 Å². The van der Waals surface area contributed by atoms with Crippen molar-refractivity contribution in [1.82, 2.24) is 15.0 Å². The molecule has 0 aliphatic carbocycles. The number of rotatable bonds is 5. The Labute approximate surface area is 137 Å². The number of aryl methyl sites for hydroxylation is 1. The minimum atomic E-state index is -0.0643. The van der Waals surface area contributed by atoms with Gasteiger partial charge in [0.2, 0.25) is 0 Å². The first-order valence-corrected chi connectivity index (χ1v) is 8.04. The van der Waals surface area contributed by atoms with Gasteiger partial charge in [0.15, 0.2) is 5.58 Å². The lowest BCUT2D eigenvalue weighted by molar-refractivity contribution is 0.0744. The highest BCUT2D eigenvalue weighted by Gasteiger charge is 2.17. The van der Waals surface area contributed by atoms with Crippen LogP contribution in [0.3, 0.4) is 0 Å². The van der Waals surface area contributed by atoms with E-state index < -0.39 is 0 Å². The summed E-state index contributed by atoms with van der Waals surface area (Å²) in [7, 11) is 3.37. The van der Waals surface area contributed by atoms with Crippen LogP contribution < -0.4 is 0 Å². The highest BCUT2D eigenvalue weighted by atomic mass is 32.1. The van der Waals surface area contributed by atoms with Crippen molar-refractivity contribution in [2.24, 2.45) is 0 Å². The van der Waals surface area contributed by atoms with Gasteiger partial charge in [0.05, 0.1) is 17.0 Å². The molecule has 3 rings (SSSR count). The maximum absolute atomic E-state index is 12.5. The molecular formula is C16H17N3O3S. The summed E-state index contributed by atoms with van der Waals surface area (Å²) < 4.78 is 10.4. The predicted molar refractivity (Wildman–Crippen MR) is 88.7 cm³/mol. The van der Waals surface area contributed by atoms with Crippen molar-refractivity contribution in [3.05, 3.63) is 34.2 Å². The van der Waals surface area contributed by atoms with E-state index >= 15 is 0 Å². The normalized spacial score (nSPS) is 11.1. The molecular weight excluding hydrogens is 314 g/mol. The Morgan fingerprint density at radius 2 is 2.26 bits per heavy atom. The molecule has 0 saturated carbocycles. The molecule has 0 aliphatic rings. The number of fused-ring (bicyclic) bond motifs is 1. The number of benzene rings is 1. The fraction of sp³-hybridized carbons (Fsp3) is 0.312. The molecule has 1 amide bonds. The molecule has 0 saturated heterocycles. The van der Waals surface area contributed by atoms with Gasteiger partial charge in [-0.3, -0.25) is 4.79 Å². The highest BCUT2D eigenvalue weighted by molar-refractivity contribution is 7.09. The van der Waals surface area contributed by atoms with Crippen LogP contribution in [0.1, 0.15) is 15.4 Å². The van der Waals surface area contributed by atoms with E-state index in [1.54, 1.807) is 42.5 Å². The molecule has 0 radical (unpaired) electrons. The lowest BCUT2D eigenvalue weighted by Crippen LogP contribution is -2.29. The van der Waals surface area contributed by atoms with Crippen molar-refractivity contribution in [3.8, 4) is 11.4 Å². The summed E-state index contributed by atoms with van der Waals surface area (Å²) in [6.45, 7) is 2.98. The van der Waals surface area contributed by atoms with Crippen LogP contribution in [0.2, 0.25) is 0 Å². The molecule has 7 heteroatoms. The maximum Gasteiger partial charge on any atom is 0.253 e. The molecule has 0 bridgehead atoms. The molecule has 2 heterocycles. The number of carbonyl (C=O) groups excluding carboxylic acids is 1. The molecule has 0 fully saturated rings. The SMILES string of the molecule is COCCN(C)C(=O)c1ccc2onc(-c3csc(C)n3)c2c1. The van der Waals surface area contributed by atoms with E-state index in [1.165, 1.54) is 0 Å². The highest BCUT2D eigenvalue weighted by Crippen LogP contribution is 2.29. The number of likely N-dealkylation sites (N-methyl/N-ethyl adjacent to an activating group) is 1. The van der Waals surface area contributed by atoms with Gasteiger partial charge in [0.1, 0.15) is 11.4 Å². The molecule has 2 aromatic heterocycles. The van der Waals surface area contributed by atoms with Crippen LogP contribution in [-0.2, 0) is 4.74 Å².